The fraction of sp³-hybridized carbons (Fsp3) is 0.300. The van der Waals surface area contributed by atoms with E-state index in [0.717, 1.165) is 6.42 Å². The lowest BCUT2D eigenvalue weighted by Gasteiger charge is -2.03. The molecular formula is C10H12N4O2S. The number of carbonyl (C=O) groups excluding carboxylic acids is 1. The van der Waals surface area contributed by atoms with Crippen LogP contribution < -0.4 is 5.73 Å². The number of rotatable bonds is 5. The third-order valence-corrected chi connectivity index (χ3v) is 2.97. The van der Waals surface area contributed by atoms with E-state index in [-0.39, 0.29) is 18.5 Å². The number of hydrogen-bond donors (Lipinski definition) is 1. The summed E-state index contributed by atoms with van der Waals surface area (Å²) in [4.78, 5) is 16.3. The number of ether oxygens (including phenoxy) is 1. The zero-order valence-electron chi connectivity index (χ0n) is 9.07. The third kappa shape index (κ3) is 3.56. The molecule has 0 aliphatic heterocycles. The monoisotopic (exact) mass is 252 g/mol. The number of esters is 1. The van der Waals surface area contributed by atoms with E-state index in [9.17, 15) is 4.79 Å². The highest BCUT2D eigenvalue weighted by molar-refractivity contribution is 7.09. The van der Waals surface area contributed by atoms with Crippen molar-refractivity contribution in [3.05, 3.63) is 28.7 Å². The van der Waals surface area contributed by atoms with Crippen molar-refractivity contribution in [2.75, 3.05) is 12.3 Å². The lowest BCUT2D eigenvalue weighted by molar-refractivity contribution is -0.144. The van der Waals surface area contributed by atoms with Crippen molar-refractivity contribution in [3.8, 4) is 0 Å². The normalized spacial score (nSPS) is 10.4. The highest BCUT2D eigenvalue weighted by Gasteiger charge is 2.06. The zero-order chi connectivity index (χ0) is 12.1. The number of carbonyl (C=O) groups is 1. The largest absolute Gasteiger partial charge is 0.464 e. The van der Waals surface area contributed by atoms with Gasteiger partial charge in [0.2, 0.25) is 5.95 Å². The molecule has 0 spiro atoms. The zero-order valence-corrected chi connectivity index (χ0v) is 9.89. The smallest absolute Gasteiger partial charge is 0.327 e. The van der Waals surface area contributed by atoms with Gasteiger partial charge < -0.3 is 10.5 Å². The molecule has 0 aromatic carbocycles. The first-order valence-corrected chi connectivity index (χ1v) is 5.95. The highest BCUT2D eigenvalue weighted by atomic mass is 32.1. The molecule has 7 heteroatoms. The van der Waals surface area contributed by atoms with E-state index >= 15 is 0 Å². The van der Waals surface area contributed by atoms with Gasteiger partial charge in [-0.3, -0.25) is 4.79 Å². The van der Waals surface area contributed by atoms with Crippen LogP contribution in [0.1, 0.15) is 4.88 Å². The number of nitrogen functional groups attached to an aromatic ring is 1. The lowest BCUT2D eigenvalue weighted by Crippen LogP contribution is -2.15. The van der Waals surface area contributed by atoms with E-state index < -0.39 is 0 Å². The van der Waals surface area contributed by atoms with E-state index in [0.29, 0.717) is 6.61 Å². The minimum absolute atomic E-state index is 0.0363. The van der Waals surface area contributed by atoms with Gasteiger partial charge in [0.15, 0.2) is 0 Å². The molecule has 2 aromatic heterocycles. The molecule has 0 atom stereocenters. The van der Waals surface area contributed by atoms with Gasteiger partial charge in [0.25, 0.3) is 0 Å². The molecular weight excluding hydrogens is 240 g/mol. The highest BCUT2D eigenvalue weighted by Crippen LogP contribution is 2.08. The molecule has 17 heavy (non-hydrogen) atoms. The Hall–Kier alpha value is -1.89. The minimum Gasteiger partial charge on any atom is -0.464 e. The Morgan fingerprint density at radius 3 is 3.12 bits per heavy atom. The standard InChI is InChI=1S/C10H12N4O2S/c11-10-12-7-14(13-10)6-9(15)16-4-3-8-2-1-5-17-8/h1-2,5,7H,3-4,6H2,(H2,11,13). The number of nitrogens with two attached hydrogens (primary N) is 1. The summed E-state index contributed by atoms with van der Waals surface area (Å²) in [5.41, 5.74) is 5.32. The summed E-state index contributed by atoms with van der Waals surface area (Å²) in [6, 6.07) is 3.98. The first-order valence-electron chi connectivity index (χ1n) is 5.07. The molecule has 0 saturated carbocycles. The van der Waals surface area contributed by atoms with Crippen LogP contribution in [0.25, 0.3) is 0 Å². The van der Waals surface area contributed by atoms with Crippen LogP contribution in [-0.4, -0.2) is 27.3 Å². The second-order valence-corrected chi connectivity index (χ2v) is 4.38. The Morgan fingerprint density at radius 2 is 2.47 bits per heavy atom. The summed E-state index contributed by atoms with van der Waals surface area (Å²) in [5.74, 6) is -0.192. The fourth-order valence-corrected chi connectivity index (χ4v) is 1.97. The Morgan fingerprint density at radius 1 is 1.59 bits per heavy atom. The molecule has 0 radical (unpaired) electrons. The summed E-state index contributed by atoms with van der Waals surface area (Å²) in [6.45, 7) is 0.415. The van der Waals surface area contributed by atoms with E-state index in [4.69, 9.17) is 10.5 Å². The van der Waals surface area contributed by atoms with Gasteiger partial charge in [-0.1, -0.05) is 6.07 Å². The molecule has 2 aromatic rings. The van der Waals surface area contributed by atoms with Gasteiger partial charge in [0.05, 0.1) is 6.61 Å². The van der Waals surface area contributed by atoms with E-state index in [1.807, 2.05) is 17.5 Å². The van der Waals surface area contributed by atoms with Crippen molar-refractivity contribution in [1.29, 1.82) is 0 Å². The average molecular weight is 252 g/mol. The molecule has 0 bridgehead atoms. The Labute approximate surface area is 102 Å². The van der Waals surface area contributed by atoms with Crippen molar-refractivity contribution >= 4 is 23.3 Å². The predicted octanol–water partition coefficient (Wildman–Crippen LogP) is 0.708. The van der Waals surface area contributed by atoms with Crippen LogP contribution in [0.5, 0.6) is 0 Å². The first kappa shape index (κ1) is 11.6. The Balaban J connectivity index is 1.71. The van der Waals surface area contributed by atoms with Crippen LogP contribution in [0, 0.1) is 0 Å². The summed E-state index contributed by atoms with van der Waals surface area (Å²) in [6.07, 6.45) is 2.14. The predicted molar refractivity (Wildman–Crippen MR) is 63.4 cm³/mol. The van der Waals surface area contributed by atoms with Crippen LogP contribution in [0.3, 0.4) is 0 Å². The van der Waals surface area contributed by atoms with Gasteiger partial charge in [0, 0.05) is 11.3 Å². The van der Waals surface area contributed by atoms with Gasteiger partial charge in [-0.15, -0.1) is 16.4 Å². The number of nitrogens with zero attached hydrogens (tertiary/aromatic N) is 3. The fourth-order valence-electron chi connectivity index (χ4n) is 1.28. The lowest BCUT2D eigenvalue weighted by atomic mass is 10.4. The number of thiophene rings is 1. The number of hydrogen-bond acceptors (Lipinski definition) is 6. The van der Waals surface area contributed by atoms with Crippen molar-refractivity contribution in [3.63, 3.8) is 0 Å². The van der Waals surface area contributed by atoms with E-state index in [1.165, 1.54) is 15.9 Å². The second-order valence-electron chi connectivity index (χ2n) is 3.35. The Kier molecular flexibility index (Phi) is 3.71. The summed E-state index contributed by atoms with van der Waals surface area (Å²) < 4.78 is 6.42. The van der Waals surface area contributed by atoms with Gasteiger partial charge in [-0.2, -0.15) is 0 Å². The quantitative estimate of drug-likeness (QED) is 0.792. The van der Waals surface area contributed by atoms with E-state index in [1.54, 1.807) is 11.3 Å². The molecule has 0 aliphatic carbocycles. The topological polar surface area (TPSA) is 83.0 Å². The van der Waals surface area contributed by atoms with Gasteiger partial charge in [0.1, 0.15) is 12.9 Å². The van der Waals surface area contributed by atoms with Crippen LogP contribution in [0.2, 0.25) is 0 Å². The number of anilines is 1. The number of aromatic nitrogens is 3. The average Bonchev–Trinajstić information content (AvgIpc) is 2.90. The van der Waals surface area contributed by atoms with Gasteiger partial charge >= 0.3 is 5.97 Å². The van der Waals surface area contributed by atoms with Crippen LogP contribution in [-0.2, 0) is 22.5 Å². The molecule has 0 unspecified atom stereocenters. The van der Waals surface area contributed by atoms with Gasteiger partial charge in [-0.05, 0) is 11.4 Å². The molecule has 0 saturated heterocycles. The third-order valence-electron chi connectivity index (χ3n) is 2.04. The SMILES string of the molecule is Nc1ncn(CC(=O)OCCc2cccs2)n1. The Bertz CT molecular complexity index is 480. The van der Waals surface area contributed by atoms with Crippen molar-refractivity contribution in [1.82, 2.24) is 14.8 Å². The molecule has 2 rings (SSSR count). The maximum Gasteiger partial charge on any atom is 0.327 e. The molecule has 0 fully saturated rings. The molecule has 0 amide bonds. The van der Waals surface area contributed by atoms with Crippen LogP contribution in [0.4, 0.5) is 5.95 Å². The minimum atomic E-state index is -0.341. The van der Waals surface area contributed by atoms with Gasteiger partial charge in [-0.25, -0.2) is 9.67 Å². The molecule has 2 heterocycles. The molecule has 6 nitrogen and oxygen atoms in total. The van der Waals surface area contributed by atoms with Crippen LogP contribution in [0.15, 0.2) is 23.8 Å². The molecule has 90 valence electrons. The van der Waals surface area contributed by atoms with E-state index in [2.05, 4.69) is 10.1 Å². The van der Waals surface area contributed by atoms with Crippen LogP contribution >= 0.6 is 11.3 Å². The maximum atomic E-state index is 11.4. The maximum absolute atomic E-state index is 11.4. The summed E-state index contributed by atoms with van der Waals surface area (Å²) in [5, 5.41) is 5.79. The first-order chi connectivity index (χ1) is 8.24. The summed E-state index contributed by atoms with van der Waals surface area (Å²) in [7, 11) is 0. The van der Waals surface area contributed by atoms with Crippen molar-refractivity contribution in [2.24, 2.45) is 0 Å². The molecule has 0 aliphatic rings. The second kappa shape index (κ2) is 5.44. The van der Waals surface area contributed by atoms with Crippen molar-refractivity contribution < 1.29 is 9.53 Å². The molecule has 2 N–H and O–H groups in total. The van der Waals surface area contributed by atoms with Crippen molar-refractivity contribution in [2.45, 2.75) is 13.0 Å². The summed E-state index contributed by atoms with van der Waals surface area (Å²) >= 11 is 1.65.